The molecule has 0 aromatic heterocycles. The molecule has 0 fully saturated rings. The van der Waals surface area contributed by atoms with E-state index < -0.39 is 10.3 Å². The van der Waals surface area contributed by atoms with Crippen molar-refractivity contribution in [2.75, 3.05) is 0 Å². The van der Waals surface area contributed by atoms with Crippen molar-refractivity contribution in [1.29, 1.82) is 0 Å². The molecule has 0 amide bonds. The minimum Gasteiger partial charge on any atom is -0.358 e. The Kier molecular flexibility index (Phi) is 1.67. The summed E-state index contributed by atoms with van der Waals surface area (Å²) in [5, 5.41) is 10.8. The van der Waals surface area contributed by atoms with Gasteiger partial charge in [-0.2, -0.15) is 0 Å². The van der Waals surface area contributed by atoms with Gasteiger partial charge in [0, 0.05) is 5.56 Å². The van der Waals surface area contributed by atoms with Gasteiger partial charge in [0.05, 0.1) is 0 Å². The van der Waals surface area contributed by atoms with E-state index in [1.807, 2.05) is 32.0 Å². The Hall–Kier alpha value is -1.71. The first-order valence-electron chi connectivity index (χ1n) is 4.36. The molecule has 1 aromatic rings. The molecule has 0 spiro atoms. The molecule has 14 heavy (non-hydrogen) atoms. The molecular formula is C10H10N2O2. The zero-order chi connectivity index (χ0) is 10.3. The summed E-state index contributed by atoms with van der Waals surface area (Å²) >= 11 is 0. The molecule has 1 heterocycles. The molecule has 2 rings (SSSR count). The van der Waals surface area contributed by atoms with Crippen LogP contribution in [0.2, 0.25) is 0 Å². The van der Waals surface area contributed by atoms with E-state index in [1.165, 1.54) is 0 Å². The molecule has 0 N–H and O–H groups in total. The van der Waals surface area contributed by atoms with Gasteiger partial charge in [-0.1, -0.05) is 18.2 Å². The van der Waals surface area contributed by atoms with E-state index in [0.717, 1.165) is 5.56 Å². The van der Waals surface area contributed by atoms with Crippen LogP contribution in [0.4, 0.5) is 5.69 Å². The third-order valence-electron chi connectivity index (χ3n) is 2.54. The Morgan fingerprint density at radius 3 is 2.57 bits per heavy atom. The van der Waals surface area contributed by atoms with Crippen molar-refractivity contribution >= 4 is 11.5 Å². The number of hydrogen-bond donors (Lipinski definition) is 0. The van der Waals surface area contributed by atoms with Crippen LogP contribution in [0.25, 0.3) is 0 Å². The van der Waals surface area contributed by atoms with Crippen molar-refractivity contribution in [3.8, 4) is 0 Å². The molecule has 1 aromatic carbocycles. The number of para-hydroxylation sites is 1. The van der Waals surface area contributed by atoms with Gasteiger partial charge in [0.1, 0.15) is 5.41 Å². The SMILES string of the molecule is CC1(C)C([N+](=O)[O-])=Nc2ccccc21. The predicted octanol–water partition coefficient (Wildman–Crippen LogP) is 2.28. The highest BCUT2D eigenvalue weighted by atomic mass is 16.6. The molecule has 0 aliphatic carbocycles. The molecule has 0 atom stereocenters. The van der Waals surface area contributed by atoms with E-state index >= 15 is 0 Å². The number of nitrogens with zero attached hydrogens (tertiary/aromatic N) is 2. The number of hydrogen-bond acceptors (Lipinski definition) is 3. The molecule has 1 aliphatic rings. The van der Waals surface area contributed by atoms with Gasteiger partial charge < -0.3 is 10.1 Å². The lowest BCUT2D eigenvalue weighted by Crippen LogP contribution is -2.31. The highest BCUT2D eigenvalue weighted by molar-refractivity contribution is 5.94. The van der Waals surface area contributed by atoms with E-state index in [-0.39, 0.29) is 5.84 Å². The molecule has 0 unspecified atom stereocenters. The van der Waals surface area contributed by atoms with Crippen LogP contribution in [0.3, 0.4) is 0 Å². The molecule has 0 bridgehead atoms. The van der Waals surface area contributed by atoms with Crippen LogP contribution >= 0.6 is 0 Å². The molecular weight excluding hydrogens is 180 g/mol. The van der Waals surface area contributed by atoms with Gasteiger partial charge in [-0.05, 0) is 29.8 Å². The standard InChI is InChI=1S/C10H10N2O2/c1-10(2)7-5-3-4-6-8(7)11-9(10)12(13)14/h3-6H,1-2H3. The first-order chi connectivity index (χ1) is 6.53. The van der Waals surface area contributed by atoms with Gasteiger partial charge in [-0.15, -0.1) is 0 Å². The van der Waals surface area contributed by atoms with Crippen molar-refractivity contribution in [1.82, 2.24) is 0 Å². The molecule has 4 nitrogen and oxygen atoms in total. The predicted molar refractivity (Wildman–Crippen MR) is 53.6 cm³/mol. The summed E-state index contributed by atoms with van der Waals surface area (Å²) in [6.45, 7) is 3.64. The minimum atomic E-state index is -0.583. The fourth-order valence-electron chi connectivity index (χ4n) is 1.74. The third-order valence-corrected chi connectivity index (χ3v) is 2.54. The Morgan fingerprint density at radius 1 is 1.36 bits per heavy atom. The molecule has 0 saturated heterocycles. The van der Waals surface area contributed by atoms with E-state index in [9.17, 15) is 10.1 Å². The van der Waals surface area contributed by atoms with E-state index in [1.54, 1.807) is 6.07 Å². The van der Waals surface area contributed by atoms with Crippen LogP contribution < -0.4 is 0 Å². The van der Waals surface area contributed by atoms with Crippen LogP contribution in [0.5, 0.6) is 0 Å². The monoisotopic (exact) mass is 190 g/mol. The fourth-order valence-corrected chi connectivity index (χ4v) is 1.74. The van der Waals surface area contributed by atoms with E-state index in [0.29, 0.717) is 5.69 Å². The number of rotatable bonds is 0. The second-order valence-corrected chi connectivity index (χ2v) is 3.83. The average molecular weight is 190 g/mol. The van der Waals surface area contributed by atoms with Crippen LogP contribution in [-0.2, 0) is 5.41 Å². The number of amidine groups is 1. The van der Waals surface area contributed by atoms with Crippen molar-refractivity contribution in [3.05, 3.63) is 39.9 Å². The van der Waals surface area contributed by atoms with Gasteiger partial charge >= 0.3 is 5.84 Å². The van der Waals surface area contributed by atoms with Gasteiger partial charge in [0.25, 0.3) is 0 Å². The third kappa shape index (κ3) is 1.04. The Labute approximate surface area is 81.4 Å². The van der Waals surface area contributed by atoms with Gasteiger partial charge in [0.2, 0.25) is 0 Å². The Morgan fingerprint density at radius 2 is 2.00 bits per heavy atom. The zero-order valence-corrected chi connectivity index (χ0v) is 8.02. The van der Waals surface area contributed by atoms with E-state index in [2.05, 4.69) is 4.99 Å². The smallest absolute Gasteiger partial charge is 0.349 e. The minimum absolute atomic E-state index is 0.0266. The van der Waals surface area contributed by atoms with Gasteiger partial charge in [-0.3, -0.25) is 0 Å². The highest BCUT2D eigenvalue weighted by Crippen LogP contribution is 2.39. The second kappa shape index (κ2) is 2.64. The maximum Gasteiger partial charge on any atom is 0.349 e. The van der Waals surface area contributed by atoms with Gasteiger partial charge in [0.15, 0.2) is 5.69 Å². The van der Waals surface area contributed by atoms with Crippen molar-refractivity contribution in [3.63, 3.8) is 0 Å². The van der Waals surface area contributed by atoms with Crippen molar-refractivity contribution < 1.29 is 4.92 Å². The first kappa shape index (κ1) is 8.87. The molecule has 1 aliphatic heterocycles. The topological polar surface area (TPSA) is 55.5 Å². The Bertz CT molecular complexity index is 436. The maximum absolute atomic E-state index is 10.8. The number of fused-ring (bicyclic) bond motifs is 1. The molecule has 0 radical (unpaired) electrons. The molecule has 4 heteroatoms. The van der Waals surface area contributed by atoms with E-state index in [4.69, 9.17) is 0 Å². The maximum atomic E-state index is 10.8. The largest absolute Gasteiger partial charge is 0.358 e. The summed E-state index contributed by atoms with van der Waals surface area (Å²) in [6, 6.07) is 7.39. The van der Waals surface area contributed by atoms with Gasteiger partial charge in [-0.25, -0.2) is 0 Å². The first-order valence-corrected chi connectivity index (χ1v) is 4.36. The number of aliphatic imine (C=N–C) groups is 1. The van der Waals surface area contributed by atoms with Crippen LogP contribution in [-0.4, -0.2) is 10.8 Å². The normalized spacial score (nSPS) is 17.4. The summed E-state index contributed by atoms with van der Waals surface area (Å²) in [7, 11) is 0. The summed E-state index contributed by atoms with van der Waals surface area (Å²) < 4.78 is 0. The Balaban J connectivity index is 2.62. The summed E-state index contributed by atoms with van der Waals surface area (Å²) in [4.78, 5) is 14.4. The van der Waals surface area contributed by atoms with Crippen molar-refractivity contribution in [2.24, 2.45) is 4.99 Å². The van der Waals surface area contributed by atoms with Crippen LogP contribution in [0.15, 0.2) is 29.3 Å². The summed E-state index contributed by atoms with van der Waals surface area (Å²) in [6.07, 6.45) is 0. The summed E-state index contributed by atoms with van der Waals surface area (Å²) in [5.74, 6) is 0.0266. The number of benzene rings is 1. The van der Waals surface area contributed by atoms with Crippen LogP contribution in [0.1, 0.15) is 19.4 Å². The lowest BCUT2D eigenvalue weighted by Gasteiger charge is -2.15. The average Bonchev–Trinajstić information content (AvgIpc) is 2.39. The highest BCUT2D eigenvalue weighted by Gasteiger charge is 2.44. The lowest BCUT2D eigenvalue weighted by atomic mass is 9.85. The molecule has 72 valence electrons. The molecule has 0 saturated carbocycles. The second-order valence-electron chi connectivity index (χ2n) is 3.83. The van der Waals surface area contributed by atoms with Crippen molar-refractivity contribution in [2.45, 2.75) is 19.3 Å². The van der Waals surface area contributed by atoms with Crippen LogP contribution in [0, 0.1) is 10.1 Å². The fraction of sp³-hybridized carbons (Fsp3) is 0.300. The zero-order valence-electron chi connectivity index (χ0n) is 8.02. The summed E-state index contributed by atoms with van der Waals surface area (Å²) in [5.41, 5.74) is 1.05. The quantitative estimate of drug-likeness (QED) is 0.465. The number of nitro groups is 1. The lowest BCUT2D eigenvalue weighted by molar-refractivity contribution is -0.356.